The van der Waals surface area contributed by atoms with Gasteiger partial charge in [-0.3, -0.25) is 15.2 Å². The Kier molecular flexibility index (Phi) is 4.43. The summed E-state index contributed by atoms with van der Waals surface area (Å²) in [4.78, 5) is 12.3. The second-order valence-corrected chi connectivity index (χ2v) is 6.05. The van der Waals surface area contributed by atoms with Crippen LogP contribution in [-0.2, 0) is 4.79 Å². The predicted octanol–water partition coefficient (Wildman–Crippen LogP) is 2.56. The minimum Gasteiger partial charge on any atom is -0.378 e. The van der Waals surface area contributed by atoms with Crippen molar-refractivity contribution in [2.75, 3.05) is 23.8 Å². The number of halogens is 2. The van der Waals surface area contributed by atoms with Gasteiger partial charge in [0.2, 0.25) is 0 Å². The lowest BCUT2D eigenvalue weighted by molar-refractivity contribution is -0.113. The number of anilines is 3. The third-order valence-corrected chi connectivity index (χ3v) is 4.06. The summed E-state index contributed by atoms with van der Waals surface area (Å²) in [5, 5.41) is 19.4. The molecule has 1 amide bonds. The molecular formula is C18H16F2N6O. The average Bonchev–Trinajstić information content (AvgIpc) is 3.04. The molecular weight excluding hydrogens is 354 g/mol. The van der Waals surface area contributed by atoms with E-state index in [9.17, 15) is 13.6 Å². The molecule has 0 bridgehead atoms. The van der Waals surface area contributed by atoms with Crippen LogP contribution in [0.15, 0.2) is 48.2 Å². The van der Waals surface area contributed by atoms with E-state index in [-0.39, 0.29) is 11.6 Å². The highest BCUT2D eigenvalue weighted by Crippen LogP contribution is 2.27. The van der Waals surface area contributed by atoms with Crippen molar-refractivity contribution in [2.45, 2.75) is 0 Å². The van der Waals surface area contributed by atoms with Crippen molar-refractivity contribution in [3.05, 3.63) is 59.8 Å². The summed E-state index contributed by atoms with van der Waals surface area (Å²) in [7, 11) is 0. The average molecular weight is 370 g/mol. The highest BCUT2D eigenvalue weighted by Gasteiger charge is 2.14. The minimum absolute atomic E-state index is 0.223. The number of H-pyrrole nitrogens is 1. The molecule has 2 heterocycles. The van der Waals surface area contributed by atoms with Crippen LogP contribution in [0.1, 0.15) is 0 Å². The van der Waals surface area contributed by atoms with Crippen molar-refractivity contribution in [3.63, 3.8) is 0 Å². The number of aromatic nitrogens is 2. The van der Waals surface area contributed by atoms with Crippen molar-refractivity contribution < 1.29 is 13.6 Å². The first-order chi connectivity index (χ1) is 13.1. The molecule has 0 radical (unpaired) electrons. The molecule has 0 unspecified atom stereocenters. The number of amides is 1. The van der Waals surface area contributed by atoms with Crippen LogP contribution in [0.5, 0.6) is 0 Å². The first-order valence-corrected chi connectivity index (χ1v) is 8.24. The Balaban J connectivity index is 1.59. The highest BCUT2D eigenvalue weighted by atomic mass is 19.1. The number of rotatable bonds is 4. The van der Waals surface area contributed by atoms with Gasteiger partial charge in [-0.2, -0.15) is 5.10 Å². The summed E-state index contributed by atoms with van der Waals surface area (Å²) >= 11 is 0. The third-order valence-electron chi connectivity index (χ3n) is 4.06. The van der Waals surface area contributed by atoms with Gasteiger partial charge < -0.3 is 16.0 Å². The molecule has 4 rings (SSSR count). The smallest absolute Gasteiger partial charge is 0.254 e. The first kappa shape index (κ1) is 17.0. The molecule has 0 fully saturated rings. The largest absolute Gasteiger partial charge is 0.378 e. The van der Waals surface area contributed by atoms with Gasteiger partial charge in [-0.15, -0.1) is 0 Å². The molecule has 0 spiro atoms. The van der Waals surface area contributed by atoms with Gasteiger partial charge in [-0.1, -0.05) is 0 Å². The van der Waals surface area contributed by atoms with E-state index in [0.717, 1.165) is 6.07 Å². The Labute approximate surface area is 152 Å². The summed E-state index contributed by atoms with van der Waals surface area (Å²) in [5.74, 6) is -1.20. The number of hydrogen-bond donors (Lipinski definition) is 5. The van der Waals surface area contributed by atoms with Crippen molar-refractivity contribution >= 4 is 34.0 Å². The molecule has 1 aromatic heterocycles. The van der Waals surface area contributed by atoms with Crippen LogP contribution >= 0.6 is 0 Å². The van der Waals surface area contributed by atoms with Gasteiger partial charge in [0.25, 0.3) is 5.91 Å². The Morgan fingerprint density at radius 2 is 1.89 bits per heavy atom. The van der Waals surface area contributed by atoms with Crippen LogP contribution in [0.3, 0.4) is 0 Å². The van der Waals surface area contributed by atoms with Crippen LogP contribution < -0.4 is 21.3 Å². The summed E-state index contributed by atoms with van der Waals surface area (Å²) < 4.78 is 26.8. The minimum atomic E-state index is -0.687. The fraction of sp³-hybridized carbons (Fsp3) is 0.111. The van der Waals surface area contributed by atoms with E-state index in [2.05, 4.69) is 31.5 Å². The predicted molar refractivity (Wildman–Crippen MR) is 98.5 cm³/mol. The quantitative estimate of drug-likeness (QED) is 0.487. The van der Waals surface area contributed by atoms with Crippen LogP contribution in [0.2, 0.25) is 0 Å². The molecule has 0 saturated heterocycles. The van der Waals surface area contributed by atoms with Crippen molar-refractivity contribution in [1.29, 1.82) is 0 Å². The number of nitrogens with zero attached hydrogens (tertiary/aromatic N) is 1. The zero-order valence-electron chi connectivity index (χ0n) is 14.1. The normalized spacial score (nSPS) is 13.8. The number of nitrogens with one attached hydrogen (secondary N) is 5. The third kappa shape index (κ3) is 3.72. The van der Waals surface area contributed by atoms with Crippen LogP contribution in [0.25, 0.3) is 10.9 Å². The summed E-state index contributed by atoms with van der Waals surface area (Å²) in [6, 6.07) is 8.38. The summed E-state index contributed by atoms with van der Waals surface area (Å²) in [6.45, 7) is 1.10. The number of benzene rings is 2. The second kappa shape index (κ2) is 7.04. The van der Waals surface area contributed by atoms with E-state index in [1.54, 1.807) is 24.4 Å². The van der Waals surface area contributed by atoms with E-state index in [1.807, 2.05) is 0 Å². The number of hydrogen-bond acceptors (Lipinski definition) is 5. The zero-order chi connectivity index (χ0) is 18.8. The Morgan fingerprint density at radius 1 is 1.07 bits per heavy atom. The molecule has 1 aliphatic heterocycles. The monoisotopic (exact) mass is 370 g/mol. The maximum atomic E-state index is 13.4. The number of fused-ring (bicyclic) bond motifs is 1. The van der Waals surface area contributed by atoms with Gasteiger partial charge >= 0.3 is 0 Å². The van der Waals surface area contributed by atoms with E-state index < -0.39 is 11.6 Å². The zero-order valence-corrected chi connectivity index (χ0v) is 14.1. The highest BCUT2D eigenvalue weighted by molar-refractivity contribution is 6.05. The van der Waals surface area contributed by atoms with Gasteiger partial charge in [0.15, 0.2) is 5.82 Å². The second-order valence-electron chi connectivity index (χ2n) is 6.05. The van der Waals surface area contributed by atoms with Gasteiger partial charge in [-0.05, 0) is 30.3 Å². The summed E-state index contributed by atoms with van der Waals surface area (Å²) in [5.41, 5.74) is 2.11. The Hall–Kier alpha value is -3.46. The van der Waals surface area contributed by atoms with Gasteiger partial charge in [0.05, 0.1) is 12.2 Å². The number of aromatic amines is 1. The fourth-order valence-electron chi connectivity index (χ4n) is 2.80. The molecule has 9 heteroatoms. The van der Waals surface area contributed by atoms with E-state index in [0.29, 0.717) is 41.2 Å². The molecule has 0 aliphatic carbocycles. The molecule has 27 heavy (non-hydrogen) atoms. The molecule has 1 aliphatic rings. The fourth-order valence-corrected chi connectivity index (χ4v) is 2.80. The van der Waals surface area contributed by atoms with E-state index in [4.69, 9.17) is 0 Å². The Morgan fingerprint density at radius 3 is 2.63 bits per heavy atom. The maximum absolute atomic E-state index is 13.4. The van der Waals surface area contributed by atoms with E-state index in [1.165, 1.54) is 12.1 Å². The first-order valence-electron chi connectivity index (χ1n) is 8.24. The van der Waals surface area contributed by atoms with Crippen LogP contribution in [0.4, 0.5) is 26.0 Å². The maximum Gasteiger partial charge on any atom is 0.254 e. The van der Waals surface area contributed by atoms with Gasteiger partial charge in [-0.25, -0.2) is 8.78 Å². The standard InChI is InChI=1S/C18H16F2N6O/c19-11-3-12(20)5-14(4-11)23-17-15-6-13(1-2-16(15)25-26-17)24-18(27)10-7-21-9-22-8-10/h1-7,21-22H,8-9H2,(H,24,27)(H2,23,25,26). The topological polar surface area (TPSA) is 93.9 Å². The Bertz CT molecular complexity index is 1030. The van der Waals surface area contributed by atoms with Crippen molar-refractivity contribution in [3.8, 4) is 0 Å². The molecule has 138 valence electrons. The molecule has 5 N–H and O–H groups in total. The van der Waals surface area contributed by atoms with Crippen molar-refractivity contribution in [1.82, 2.24) is 20.8 Å². The number of carbonyl (C=O) groups is 1. The molecule has 2 aromatic carbocycles. The molecule has 3 aromatic rings. The molecule has 0 saturated carbocycles. The van der Waals surface area contributed by atoms with Crippen LogP contribution in [-0.4, -0.2) is 29.3 Å². The van der Waals surface area contributed by atoms with Gasteiger partial charge in [0.1, 0.15) is 11.6 Å². The van der Waals surface area contributed by atoms with Crippen molar-refractivity contribution in [2.24, 2.45) is 0 Å². The lowest BCUT2D eigenvalue weighted by Crippen LogP contribution is -2.36. The SMILES string of the molecule is O=C(Nc1ccc2[nH]nc(Nc3cc(F)cc(F)c3)c2c1)C1=CNCNC1. The van der Waals surface area contributed by atoms with Crippen LogP contribution in [0, 0.1) is 11.6 Å². The summed E-state index contributed by atoms with van der Waals surface area (Å²) in [6.07, 6.45) is 1.67. The van der Waals surface area contributed by atoms with E-state index >= 15 is 0 Å². The molecule has 7 nitrogen and oxygen atoms in total. The molecule has 0 atom stereocenters. The van der Waals surface area contributed by atoms with Gasteiger partial charge in [0, 0.05) is 41.1 Å². The lowest BCUT2D eigenvalue weighted by atomic mass is 10.2. The lowest BCUT2D eigenvalue weighted by Gasteiger charge is -2.15. The number of carbonyl (C=O) groups excluding carboxylic acids is 1.